The Kier molecular flexibility index (Phi) is 2.05. The number of nitriles is 1. The van der Waals surface area contributed by atoms with Crippen LogP contribution < -0.4 is 5.73 Å². The zero-order valence-corrected chi connectivity index (χ0v) is 7.80. The van der Waals surface area contributed by atoms with Crippen LogP contribution in [0.4, 0.5) is 18.9 Å². The molecular weight excluding hydrogens is 221 g/mol. The standard InChI is InChI=1S/C10H5F3N2O/c11-10(12,13)6-3-1-2-5-8(15)7(4-14)16-9(5)6/h1-3H,15H2. The Morgan fingerprint density at radius 1 is 1.31 bits per heavy atom. The molecule has 2 aromatic rings. The van der Waals surface area contributed by atoms with E-state index >= 15 is 0 Å². The molecule has 1 aromatic carbocycles. The molecule has 6 heteroatoms. The summed E-state index contributed by atoms with van der Waals surface area (Å²) >= 11 is 0. The average molecular weight is 226 g/mol. The molecule has 16 heavy (non-hydrogen) atoms. The predicted octanol–water partition coefficient (Wildman–Crippen LogP) is 2.91. The van der Waals surface area contributed by atoms with Crippen LogP contribution in [0.2, 0.25) is 0 Å². The second kappa shape index (κ2) is 3.17. The van der Waals surface area contributed by atoms with Gasteiger partial charge in [-0.3, -0.25) is 0 Å². The van der Waals surface area contributed by atoms with Crippen LogP contribution in [-0.4, -0.2) is 0 Å². The first-order valence-electron chi connectivity index (χ1n) is 4.23. The number of fused-ring (bicyclic) bond motifs is 1. The summed E-state index contributed by atoms with van der Waals surface area (Å²) < 4.78 is 42.5. The Morgan fingerprint density at radius 2 is 2.00 bits per heavy atom. The van der Waals surface area contributed by atoms with Crippen molar-refractivity contribution in [1.82, 2.24) is 0 Å². The molecular formula is C10H5F3N2O. The quantitative estimate of drug-likeness (QED) is 0.751. The monoisotopic (exact) mass is 226 g/mol. The minimum Gasteiger partial charge on any atom is -0.443 e. The molecule has 0 amide bonds. The Labute approximate surface area is 87.9 Å². The number of furan rings is 1. The number of rotatable bonds is 0. The molecule has 2 N–H and O–H groups in total. The summed E-state index contributed by atoms with van der Waals surface area (Å²) in [7, 11) is 0. The van der Waals surface area contributed by atoms with Gasteiger partial charge >= 0.3 is 6.18 Å². The van der Waals surface area contributed by atoms with Gasteiger partial charge in [-0.05, 0) is 12.1 Å². The topological polar surface area (TPSA) is 63.0 Å². The van der Waals surface area contributed by atoms with E-state index in [1.165, 1.54) is 12.1 Å². The van der Waals surface area contributed by atoms with Gasteiger partial charge < -0.3 is 10.2 Å². The molecule has 0 aliphatic carbocycles. The number of nitrogens with two attached hydrogens (primary N) is 1. The largest absolute Gasteiger partial charge is 0.443 e. The highest BCUT2D eigenvalue weighted by molar-refractivity contribution is 5.94. The number of hydrogen-bond donors (Lipinski definition) is 1. The lowest BCUT2D eigenvalue weighted by atomic mass is 10.1. The highest BCUT2D eigenvalue weighted by Crippen LogP contribution is 2.38. The van der Waals surface area contributed by atoms with E-state index in [9.17, 15) is 13.2 Å². The van der Waals surface area contributed by atoms with Gasteiger partial charge in [0.25, 0.3) is 0 Å². The molecule has 1 aromatic heterocycles. The van der Waals surface area contributed by atoms with Crippen molar-refractivity contribution in [3.63, 3.8) is 0 Å². The van der Waals surface area contributed by atoms with Crippen molar-refractivity contribution < 1.29 is 17.6 Å². The van der Waals surface area contributed by atoms with E-state index in [0.29, 0.717) is 0 Å². The molecule has 0 radical (unpaired) electrons. The molecule has 0 spiro atoms. The van der Waals surface area contributed by atoms with E-state index in [1.807, 2.05) is 0 Å². The molecule has 0 unspecified atom stereocenters. The minimum absolute atomic E-state index is 0.0661. The first-order chi connectivity index (χ1) is 7.45. The molecule has 0 saturated carbocycles. The summed E-state index contributed by atoms with van der Waals surface area (Å²) in [5.74, 6) is -0.299. The van der Waals surface area contributed by atoms with Gasteiger partial charge in [0.05, 0.1) is 11.3 Å². The fraction of sp³-hybridized carbons (Fsp3) is 0.100. The maximum atomic E-state index is 12.6. The normalized spacial score (nSPS) is 11.6. The maximum absolute atomic E-state index is 12.6. The fourth-order valence-corrected chi connectivity index (χ4v) is 1.44. The number of nitrogens with zero attached hydrogens (tertiary/aromatic N) is 1. The summed E-state index contributed by atoms with van der Waals surface area (Å²) in [4.78, 5) is 0. The number of benzene rings is 1. The van der Waals surface area contributed by atoms with Gasteiger partial charge in [0.15, 0.2) is 0 Å². The molecule has 0 aliphatic heterocycles. The summed E-state index contributed by atoms with van der Waals surface area (Å²) in [6.45, 7) is 0. The smallest absolute Gasteiger partial charge is 0.420 e. The van der Waals surface area contributed by atoms with Crippen LogP contribution in [0.1, 0.15) is 11.3 Å². The molecule has 2 rings (SSSR count). The number of anilines is 1. The lowest BCUT2D eigenvalue weighted by molar-refractivity contribution is -0.136. The Bertz CT molecular complexity index is 592. The van der Waals surface area contributed by atoms with Gasteiger partial charge in [-0.15, -0.1) is 0 Å². The lowest BCUT2D eigenvalue weighted by Crippen LogP contribution is -2.04. The van der Waals surface area contributed by atoms with Gasteiger partial charge in [-0.2, -0.15) is 18.4 Å². The van der Waals surface area contributed by atoms with Crippen LogP contribution >= 0.6 is 0 Å². The Balaban J connectivity index is 2.85. The third-order valence-electron chi connectivity index (χ3n) is 2.16. The van der Waals surface area contributed by atoms with Crippen LogP contribution in [0.5, 0.6) is 0 Å². The molecule has 0 fully saturated rings. The van der Waals surface area contributed by atoms with Gasteiger partial charge in [-0.1, -0.05) is 6.07 Å². The van der Waals surface area contributed by atoms with Gasteiger partial charge in [0, 0.05) is 5.39 Å². The van der Waals surface area contributed by atoms with E-state index in [-0.39, 0.29) is 16.8 Å². The summed E-state index contributed by atoms with van der Waals surface area (Å²) in [6.07, 6.45) is -4.53. The van der Waals surface area contributed by atoms with Crippen molar-refractivity contribution in [1.29, 1.82) is 5.26 Å². The van der Waals surface area contributed by atoms with Crippen molar-refractivity contribution in [3.05, 3.63) is 29.5 Å². The SMILES string of the molecule is N#Cc1oc2c(C(F)(F)F)cccc2c1N. The number of para-hydroxylation sites is 1. The van der Waals surface area contributed by atoms with Crippen LogP contribution in [0.15, 0.2) is 22.6 Å². The van der Waals surface area contributed by atoms with Crippen LogP contribution in [0.25, 0.3) is 11.0 Å². The molecule has 0 bridgehead atoms. The van der Waals surface area contributed by atoms with Crippen molar-refractivity contribution in [2.45, 2.75) is 6.18 Å². The van der Waals surface area contributed by atoms with E-state index in [2.05, 4.69) is 0 Å². The highest BCUT2D eigenvalue weighted by atomic mass is 19.4. The van der Waals surface area contributed by atoms with Gasteiger partial charge in [-0.25, -0.2) is 0 Å². The van der Waals surface area contributed by atoms with Crippen molar-refractivity contribution in [2.75, 3.05) is 5.73 Å². The first kappa shape index (κ1) is 10.4. The van der Waals surface area contributed by atoms with E-state index in [0.717, 1.165) is 6.07 Å². The molecule has 3 nitrogen and oxygen atoms in total. The molecule has 0 atom stereocenters. The fourth-order valence-electron chi connectivity index (χ4n) is 1.44. The summed E-state index contributed by atoms with van der Waals surface area (Å²) in [5.41, 5.74) is 4.08. The Hall–Kier alpha value is -2.16. The number of halogens is 3. The number of alkyl halides is 3. The van der Waals surface area contributed by atoms with E-state index < -0.39 is 17.3 Å². The van der Waals surface area contributed by atoms with Gasteiger partial charge in [0.2, 0.25) is 5.76 Å². The van der Waals surface area contributed by atoms with Crippen molar-refractivity contribution in [2.24, 2.45) is 0 Å². The molecule has 1 heterocycles. The predicted molar refractivity (Wildman–Crippen MR) is 50.3 cm³/mol. The number of hydrogen-bond acceptors (Lipinski definition) is 3. The average Bonchev–Trinajstić information content (AvgIpc) is 2.54. The molecule has 82 valence electrons. The number of nitrogen functional groups attached to an aromatic ring is 1. The summed E-state index contributed by atoms with van der Waals surface area (Å²) in [5, 5.41) is 8.71. The van der Waals surface area contributed by atoms with Crippen molar-refractivity contribution >= 4 is 16.7 Å². The third kappa shape index (κ3) is 1.37. The van der Waals surface area contributed by atoms with E-state index in [4.69, 9.17) is 15.4 Å². The maximum Gasteiger partial charge on any atom is 0.420 e. The van der Waals surface area contributed by atoms with Crippen LogP contribution in [0.3, 0.4) is 0 Å². The summed E-state index contributed by atoms with van der Waals surface area (Å²) in [6, 6.07) is 5.09. The zero-order chi connectivity index (χ0) is 11.9. The van der Waals surface area contributed by atoms with Crippen LogP contribution in [0, 0.1) is 11.3 Å². The van der Waals surface area contributed by atoms with Gasteiger partial charge in [0.1, 0.15) is 11.7 Å². The first-order valence-corrected chi connectivity index (χ1v) is 4.23. The molecule has 0 aliphatic rings. The molecule has 0 saturated heterocycles. The second-order valence-corrected chi connectivity index (χ2v) is 3.14. The van der Waals surface area contributed by atoms with Crippen LogP contribution in [-0.2, 0) is 6.18 Å². The lowest BCUT2D eigenvalue weighted by Gasteiger charge is -2.05. The third-order valence-corrected chi connectivity index (χ3v) is 2.16. The van der Waals surface area contributed by atoms with Crippen molar-refractivity contribution in [3.8, 4) is 6.07 Å². The minimum atomic E-state index is -4.53. The highest BCUT2D eigenvalue weighted by Gasteiger charge is 2.34. The zero-order valence-electron chi connectivity index (χ0n) is 7.80. The van der Waals surface area contributed by atoms with E-state index in [1.54, 1.807) is 6.07 Å². The second-order valence-electron chi connectivity index (χ2n) is 3.14. The Morgan fingerprint density at radius 3 is 2.56 bits per heavy atom.